The molecule has 1 fully saturated rings. The predicted molar refractivity (Wildman–Crippen MR) is 86.4 cm³/mol. The van der Waals surface area contributed by atoms with Crippen LogP contribution in [0.15, 0.2) is 18.2 Å². The second-order valence-corrected chi connectivity index (χ2v) is 6.24. The molecule has 1 N–H and O–H groups in total. The number of carbonyl (C=O) groups is 2. The Kier molecular flexibility index (Phi) is 6.45. The highest BCUT2D eigenvalue weighted by molar-refractivity contribution is 5.93. The summed E-state index contributed by atoms with van der Waals surface area (Å²) in [6.07, 6.45) is -10.1. The van der Waals surface area contributed by atoms with Gasteiger partial charge in [-0.3, -0.25) is 4.79 Å². The number of nitrogens with zero attached hydrogens (tertiary/aromatic N) is 1. The van der Waals surface area contributed by atoms with Crippen molar-refractivity contribution in [3.05, 3.63) is 29.3 Å². The fourth-order valence-corrected chi connectivity index (χ4v) is 2.81. The van der Waals surface area contributed by atoms with E-state index in [4.69, 9.17) is 4.74 Å². The number of benzene rings is 1. The number of likely N-dealkylation sites (tertiary alicyclic amines) is 1. The van der Waals surface area contributed by atoms with Crippen molar-refractivity contribution in [3.63, 3.8) is 0 Å². The lowest BCUT2D eigenvalue weighted by atomic mass is 9.96. The maximum absolute atomic E-state index is 12.9. The molecule has 156 valence electrons. The minimum Gasteiger partial charge on any atom is -0.450 e. The van der Waals surface area contributed by atoms with Gasteiger partial charge in [-0.05, 0) is 38.0 Å². The molecule has 2 rings (SSSR count). The first kappa shape index (κ1) is 21.8. The zero-order chi connectivity index (χ0) is 21.1. The molecule has 28 heavy (non-hydrogen) atoms. The van der Waals surface area contributed by atoms with E-state index < -0.39 is 47.1 Å². The minimum atomic E-state index is -4.99. The zero-order valence-corrected chi connectivity index (χ0v) is 14.8. The van der Waals surface area contributed by atoms with Crippen LogP contribution in [0.1, 0.15) is 30.9 Å². The summed E-state index contributed by atoms with van der Waals surface area (Å²) in [5, 5.41) is 2.13. The summed E-state index contributed by atoms with van der Waals surface area (Å²) >= 11 is 0. The van der Waals surface area contributed by atoms with Crippen molar-refractivity contribution in [3.8, 4) is 0 Å². The Morgan fingerprint density at radius 2 is 1.54 bits per heavy atom. The number of amides is 2. The van der Waals surface area contributed by atoms with E-state index in [1.807, 2.05) is 0 Å². The van der Waals surface area contributed by atoms with Crippen molar-refractivity contribution in [2.45, 2.75) is 32.1 Å². The van der Waals surface area contributed by atoms with Crippen molar-refractivity contribution in [2.24, 2.45) is 5.92 Å². The Hall–Kier alpha value is -2.46. The van der Waals surface area contributed by atoms with E-state index in [9.17, 15) is 35.9 Å². The van der Waals surface area contributed by atoms with E-state index >= 15 is 0 Å². The highest BCUT2D eigenvalue weighted by atomic mass is 19.4. The summed E-state index contributed by atoms with van der Waals surface area (Å²) < 4.78 is 82.1. The predicted octanol–water partition coefficient (Wildman–Crippen LogP) is 4.53. The fraction of sp³-hybridized carbons (Fsp3) is 0.529. The van der Waals surface area contributed by atoms with E-state index in [1.165, 1.54) is 4.90 Å². The average molecular weight is 412 g/mol. The van der Waals surface area contributed by atoms with Gasteiger partial charge in [0, 0.05) is 24.7 Å². The third-order valence-electron chi connectivity index (χ3n) is 4.25. The number of hydrogen-bond acceptors (Lipinski definition) is 3. The highest BCUT2D eigenvalue weighted by Gasteiger charge is 2.37. The number of ether oxygens (including phenoxy) is 1. The van der Waals surface area contributed by atoms with Gasteiger partial charge in [0.15, 0.2) is 0 Å². The summed E-state index contributed by atoms with van der Waals surface area (Å²) in [5.41, 5.74) is -3.59. The van der Waals surface area contributed by atoms with Crippen LogP contribution in [-0.2, 0) is 21.9 Å². The molecule has 1 aliphatic rings. The van der Waals surface area contributed by atoms with Crippen LogP contribution in [-0.4, -0.2) is 36.6 Å². The van der Waals surface area contributed by atoms with Crippen molar-refractivity contribution in [1.29, 1.82) is 0 Å². The van der Waals surface area contributed by atoms with Gasteiger partial charge in [0.1, 0.15) is 0 Å². The van der Waals surface area contributed by atoms with E-state index in [0.717, 1.165) is 0 Å². The van der Waals surface area contributed by atoms with Crippen LogP contribution in [0.2, 0.25) is 0 Å². The smallest absolute Gasteiger partial charge is 0.416 e. The number of piperidine rings is 1. The second kappa shape index (κ2) is 8.27. The average Bonchev–Trinajstić information content (AvgIpc) is 2.60. The standard InChI is InChI=1S/C17H18F6N2O3/c1-2-28-15(27)25-5-3-10(4-6-25)14(26)24-13-8-11(16(18,19)20)7-12(9-13)17(21,22)23/h7-10H,2-6H2,1H3,(H,24,26). The zero-order valence-electron chi connectivity index (χ0n) is 14.8. The molecule has 1 aliphatic heterocycles. The quantitative estimate of drug-likeness (QED) is 0.743. The highest BCUT2D eigenvalue weighted by Crippen LogP contribution is 2.37. The maximum atomic E-state index is 12.9. The van der Waals surface area contributed by atoms with Crippen molar-refractivity contribution >= 4 is 17.7 Å². The molecule has 1 saturated heterocycles. The molecule has 5 nitrogen and oxygen atoms in total. The molecule has 1 aromatic carbocycles. The molecule has 0 aliphatic carbocycles. The topological polar surface area (TPSA) is 58.6 Å². The maximum Gasteiger partial charge on any atom is 0.416 e. The third kappa shape index (κ3) is 5.52. The number of halogens is 6. The third-order valence-corrected chi connectivity index (χ3v) is 4.25. The van der Waals surface area contributed by atoms with Crippen LogP contribution < -0.4 is 5.32 Å². The molecule has 0 atom stereocenters. The van der Waals surface area contributed by atoms with Crippen LogP contribution in [0.5, 0.6) is 0 Å². The van der Waals surface area contributed by atoms with E-state index in [-0.39, 0.29) is 38.6 Å². The molecule has 2 amide bonds. The molecule has 1 aromatic rings. The number of nitrogens with one attached hydrogen (secondary N) is 1. The summed E-state index contributed by atoms with van der Waals surface area (Å²) in [5.74, 6) is -1.34. The molecular formula is C17H18F6N2O3. The van der Waals surface area contributed by atoms with Crippen molar-refractivity contribution in [2.75, 3.05) is 25.0 Å². The van der Waals surface area contributed by atoms with Gasteiger partial charge in [-0.25, -0.2) is 4.79 Å². The Morgan fingerprint density at radius 3 is 1.96 bits per heavy atom. The van der Waals surface area contributed by atoms with E-state index in [0.29, 0.717) is 12.1 Å². The molecule has 0 aromatic heterocycles. The molecule has 0 bridgehead atoms. The Labute approximate surface area is 156 Å². The Bertz CT molecular complexity index is 692. The first-order valence-electron chi connectivity index (χ1n) is 8.44. The van der Waals surface area contributed by atoms with Gasteiger partial charge in [0.2, 0.25) is 5.91 Å². The number of carbonyl (C=O) groups excluding carboxylic acids is 2. The molecule has 0 unspecified atom stereocenters. The van der Waals surface area contributed by atoms with Gasteiger partial charge in [-0.1, -0.05) is 0 Å². The lowest BCUT2D eigenvalue weighted by Crippen LogP contribution is -2.41. The van der Waals surface area contributed by atoms with Crippen LogP contribution in [0.4, 0.5) is 36.8 Å². The largest absolute Gasteiger partial charge is 0.450 e. The van der Waals surface area contributed by atoms with Crippen LogP contribution in [0.3, 0.4) is 0 Å². The molecule has 1 heterocycles. The van der Waals surface area contributed by atoms with Crippen LogP contribution in [0.25, 0.3) is 0 Å². The SMILES string of the molecule is CCOC(=O)N1CCC(C(=O)Nc2cc(C(F)(F)F)cc(C(F)(F)F)c2)CC1. The fourth-order valence-electron chi connectivity index (χ4n) is 2.81. The lowest BCUT2D eigenvalue weighted by molar-refractivity contribution is -0.143. The normalized spacial score (nSPS) is 16.0. The number of anilines is 1. The van der Waals surface area contributed by atoms with Gasteiger partial charge in [-0.15, -0.1) is 0 Å². The molecule has 0 radical (unpaired) electrons. The Morgan fingerprint density at radius 1 is 1.04 bits per heavy atom. The van der Waals surface area contributed by atoms with Crippen molar-refractivity contribution < 1.29 is 40.7 Å². The lowest BCUT2D eigenvalue weighted by Gasteiger charge is -2.30. The van der Waals surface area contributed by atoms with E-state index in [2.05, 4.69) is 5.32 Å². The first-order valence-corrected chi connectivity index (χ1v) is 8.44. The molecule has 11 heteroatoms. The molecule has 0 spiro atoms. The minimum absolute atomic E-state index is 0.00646. The summed E-state index contributed by atoms with van der Waals surface area (Å²) in [7, 11) is 0. The van der Waals surface area contributed by atoms with Gasteiger partial charge in [0.05, 0.1) is 17.7 Å². The number of alkyl halides is 6. The number of rotatable bonds is 3. The molecular weight excluding hydrogens is 394 g/mol. The van der Waals surface area contributed by atoms with Gasteiger partial charge >= 0.3 is 18.4 Å². The van der Waals surface area contributed by atoms with Crippen molar-refractivity contribution in [1.82, 2.24) is 4.90 Å². The monoisotopic (exact) mass is 412 g/mol. The summed E-state index contributed by atoms with van der Waals surface area (Å²) in [6.45, 7) is 2.24. The summed E-state index contributed by atoms with van der Waals surface area (Å²) in [4.78, 5) is 25.3. The van der Waals surface area contributed by atoms with Gasteiger partial charge in [-0.2, -0.15) is 26.3 Å². The number of hydrogen-bond donors (Lipinski definition) is 1. The Balaban J connectivity index is 2.11. The van der Waals surface area contributed by atoms with Crippen LogP contribution >= 0.6 is 0 Å². The second-order valence-electron chi connectivity index (χ2n) is 6.24. The van der Waals surface area contributed by atoms with E-state index in [1.54, 1.807) is 6.92 Å². The summed E-state index contributed by atoms with van der Waals surface area (Å²) in [6, 6.07) is 0.912. The van der Waals surface area contributed by atoms with Crippen LogP contribution in [0, 0.1) is 5.92 Å². The first-order chi connectivity index (χ1) is 12.9. The van der Waals surface area contributed by atoms with Gasteiger partial charge < -0.3 is 15.0 Å². The molecule has 0 saturated carbocycles. The van der Waals surface area contributed by atoms with Gasteiger partial charge in [0.25, 0.3) is 0 Å².